The molecule has 0 saturated carbocycles. The highest BCUT2D eigenvalue weighted by molar-refractivity contribution is 5.95. The Morgan fingerprint density at radius 2 is 2.00 bits per heavy atom. The molecular weight excluding hydrogens is 264 g/mol. The number of amides is 1. The predicted molar refractivity (Wildman–Crippen MR) is 80.1 cm³/mol. The molecule has 3 rings (SSSR count). The van der Waals surface area contributed by atoms with Crippen LogP contribution in [-0.4, -0.2) is 22.1 Å². The monoisotopic (exact) mass is 282 g/mol. The van der Waals surface area contributed by atoms with E-state index >= 15 is 0 Å². The maximum Gasteiger partial charge on any atom is 0.253 e. The summed E-state index contributed by atoms with van der Waals surface area (Å²) in [6.07, 6.45) is -0.00300. The molecule has 0 saturated heterocycles. The quantitative estimate of drug-likeness (QED) is 0.886. The van der Waals surface area contributed by atoms with Crippen LogP contribution in [0.1, 0.15) is 38.9 Å². The molecule has 1 amide bonds. The van der Waals surface area contributed by atoms with E-state index in [1.54, 1.807) is 6.07 Å². The van der Waals surface area contributed by atoms with Crippen LogP contribution in [0.15, 0.2) is 36.4 Å². The summed E-state index contributed by atoms with van der Waals surface area (Å²) >= 11 is 0. The van der Waals surface area contributed by atoms with E-state index in [4.69, 9.17) is 0 Å². The third-order valence-electron chi connectivity index (χ3n) is 3.96. The number of nitrogens with zero attached hydrogens (tertiary/aromatic N) is 1. The van der Waals surface area contributed by atoms with Crippen molar-refractivity contribution in [3.8, 4) is 0 Å². The lowest BCUT2D eigenvalue weighted by Gasteiger charge is -2.18. The Morgan fingerprint density at radius 3 is 2.76 bits per heavy atom. The smallest absolute Gasteiger partial charge is 0.253 e. The van der Waals surface area contributed by atoms with Crippen LogP contribution in [0, 0.1) is 13.8 Å². The summed E-state index contributed by atoms with van der Waals surface area (Å²) in [6, 6.07) is 11.1. The SMILES string of the molecule is Cc1ccc(C(=O)N[C@H]2c3ccccc3C[C@H]2O)c(C)n1. The molecule has 0 radical (unpaired) electrons. The predicted octanol–water partition coefficient (Wildman–Crippen LogP) is 2.09. The van der Waals surface area contributed by atoms with E-state index in [2.05, 4.69) is 10.3 Å². The first-order valence-corrected chi connectivity index (χ1v) is 7.07. The molecule has 2 atom stereocenters. The van der Waals surface area contributed by atoms with Crippen LogP contribution in [0.3, 0.4) is 0 Å². The maximum absolute atomic E-state index is 12.4. The Balaban J connectivity index is 1.85. The molecule has 2 aromatic rings. The van der Waals surface area contributed by atoms with Crippen LogP contribution < -0.4 is 5.32 Å². The summed E-state index contributed by atoms with van der Waals surface area (Å²) < 4.78 is 0. The number of benzene rings is 1. The number of fused-ring (bicyclic) bond motifs is 1. The number of carbonyl (C=O) groups excluding carboxylic acids is 1. The average molecular weight is 282 g/mol. The average Bonchev–Trinajstić information content (AvgIpc) is 2.75. The van der Waals surface area contributed by atoms with E-state index in [1.165, 1.54) is 0 Å². The lowest BCUT2D eigenvalue weighted by molar-refractivity contribution is 0.0857. The van der Waals surface area contributed by atoms with Crippen LogP contribution in [0.5, 0.6) is 0 Å². The van der Waals surface area contributed by atoms with Gasteiger partial charge in [0.15, 0.2) is 0 Å². The van der Waals surface area contributed by atoms with E-state index in [-0.39, 0.29) is 11.9 Å². The van der Waals surface area contributed by atoms with Crippen molar-refractivity contribution in [1.29, 1.82) is 0 Å². The standard InChI is InChI=1S/C17H18N2O2/c1-10-7-8-13(11(2)18-10)17(21)19-16-14-6-4-3-5-12(14)9-15(16)20/h3-8,15-16,20H,9H2,1-2H3,(H,19,21)/t15-,16+/m1/s1. The highest BCUT2D eigenvalue weighted by Gasteiger charge is 2.32. The summed E-state index contributed by atoms with van der Waals surface area (Å²) in [7, 11) is 0. The molecule has 0 unspecified atom stereocenters. The Labute approximate surface area is 123 Å². The van der Waals surface area contributed by atoms with Gasteiger partial charge in [0.25, 0.3) is 5.91 Å². The van der Waals surface area contributed by atoms with Gasteiger partial charge >= 0.3 is 0 Å². The van der Waals surface area contributed by atoms with Gasteiger partial charge < -0.3 is 10.4 Å². The minimum atomic E-state index is -0.579. The van der Waals surface area contributed by atoms with Crippen molar-refractivity contribution >= 4 is 5.91 Å². The van der Waals surface area contributed by atoms with Crippen LogP contribution in [0.2, 0.25) is 0 Å². The van der Waals surface area contributed by atoms with Gasteiger partial charge in [0.1, 0.15) is 0 Å². The molecule has 0 fully saturated rings. The fraction of sp³-hybridized carbons (Fsp3) is 0.294. The van der Waals surface area contributed by atoms with Gasteiger partial charge in [-0.25, -0.2) is 0 Å². The van der Waals surface area contributed by atoms with Crippen LogP contribution in [-0.2, 0) is 6.42 Å². The minimum absolute atomic E-state index is 0.194. The Hall–Kier alpha value is -2.20. The van der Waals surface area contributed by atoms with E-state index < -0.39 is 6.10 Å². The van der Waals surface area contributed by atoms with Gasteiger partial charge in [-0.1, -0.05) is 24.3 Å². The molecule has 1 aliphatic carbocycles. The summed E-state index contributed by atoms with van der Waals surface area (Å²) in [5.74, 6) is -0.194. The first kappa shape index (κ1) is 13.8. The zero-order chi connectivity index (χ0) is 15.0. The second-order valence-corrected chi connectivity index (χ2v) is 5.51. The lowest BCUT2D eigenvalue weighted by atomic mass is 10.1. The fourth-order valence-electron chi connectivity index (χ4n) is 2.89. The number of hydrogen-bond donors (Lipinski definition) is 2. The number of pyridine rings is 1. The number of carbonyl (C=O) groups is 1. The van der Waals surface area contributed by atoms with Gasteiger partial charge in [0, 0.05) is 12.1 Å². The van der Waals surface area contributed by atoms with Crippen molar-refractivity contribution in [3.63, 3.8) is 0 Å². The molecule has 1 aromatic heterocycles. The van der Waals surface area contributed by atoms with E-state index in [0.29, 0.717) is 17.7 Å². The molecule has 1 aliphatic rings. The molecule has 0 aliphatic heterocycles. The third-order valence-corrected chi connectivity index (χ3v) is 3.96. The molecule has 0 spiro atoms. The summed E-state index contributed by atoms with van der Waals surface area (Å²) in [5.41, 5.74) is 4.23. The zero-order valence-electron chi connectivity index (χ0n) is 12.1. The Bertz CT molecular complexity index is 697. The number of nitrogens with one attached hydrogen (secondary N) is 1. The minimum Gasteiger partial charge on any atom is -0.390 e. The van der Waals surface area contributed by atoms with Gasteiger partial charge in [0.2, 0.25) is 0 Å². The van der Waals surface area contributed by atoms with E-state index in [9.17, 15) is 9.90 Å². The number of aliphatic hydroxyl groups excluding tert-OH is 1. The molecule has 0 bridgehead atoms. The summed E-state index contributed by atoms with van der Waals surface area (Å²) in [6.45, 7) is 3.71. The van der Waals surface area contributed by atoms with E-state index in [1.807, 2.05) is 44.2 Å². The van der Waals surface area contributed by atoms with Crippen molar-refractivity contribution in [3.05, 3.63) is 64.5 Å². The topological polar surface area (TPSA) is 62.2 Å². The van der Waals surface area contributed by atoms with Crippen molar-refractivity contribution in [2.75, 3.05) is 0 Å². The molecule has 4 nitrogen and oxygen atoms in total. The van der Waals surface area contributed by atoms with Crippen molar-refractivity contribution in [1.82, 2.24) is 10.3 Å². The third kappa shape index (κ3) is 2.54. The van der Waals surface area contributed by atoms with Crippen molar-refractivity contribution in [2.45, 2.75) is 32.4 Å². The Kier molecular flexibility index (Phi) is 3.47. The number of rotatable bonds is 2. The summed E-state index contributed by atoms with van der Waals surface area (Å²) in [5, 5.41) is 13.1. The zero-order valence-corrected chi connectivity index (χ0v) is 12.1. The molecule has 1 aromatic carbocycles. The van der Waals surface area contributed by atoms with Gasteiger partial charge in [-0.2, -0.15) is 0 Å². The van der Waals surface area contributed by atoms with E-state index in [0.717, 1.165) is 16.8 Å². The largest absolute Gasteiger partial charge is 0.390 e. The first-order chi connectivity index (χ1) is 10.1. The first-order valence-electron chi connectivity index (χ1n) is 7.07. The second-order valence-electron chi connectivity index (χ2n) is 5.51. The highest BCUT2D eigenvalue weighted by atomic mass is 16.3. The highest BCUT2D eigenvalue weighted by Crippen LogP contribution is 2.31. The molecule has 1 heterocycles. The normalized spacial score (nSPS) is 20.1. The Morgan fingerprint density at radius 1 is 1.24 bits per heavy atom. The molecule has 2 N–H and O–H groups in total. The number of aryl methyl sites for hydroxylation is 2. The van der Waals surface area contributed by atoms with Crippen LogP contribution in [0.25, 0.3) is 0 Å². The van der Waals surface area contributed by atoms with Gasteiger partial charge in [-0.15, -0.1) is 0 Å². The van der Waals surface area contributed by atoms with Crippen LogP contribution >= 0.6 is 0 Å². The van der Waals surface area contributed by atoms with Gasteiger partial charge in [-0.3, -0.25) is 9.78 Å². The molecule has 108 valence electrons. The molecular formula is C17H18N2O2. The number of aromatic nitrogens is 1. The summed E-state index contributed by atoms with van der Waals surface area (Å²) in [4.78, 5) is 16.7. The van der Waals surface area contributed by atoms with Crippen molar-refractivity contribution in [2.24, 2.45) is 0 Å². The second kappa shape index (κ2) is 5.30. The van der Waals surface area contributed by atoms with Gasteiger partial charge in [0.05, 0.1) is 23.4 Å². The number of aliphatic hydroxyl groups is 1. The van der Waals surface area contributed by atoms with Gasteiger partial charge in [-0.05, 0) is 37.1 Å². The van der Waals surface area contributed by atoms with Crippen LogP contribution in [0.4, 0.5) is 0 Å². The van der Waals surface area contributed by atoms with Crippen molar-refractivity contribution < 1.29 is 9.90 Å². The number of hydrogen-bond acceptors (Lipinski definition) is 3. The molecule has 4 heteroatoms. The molecule has 21 heavy (non-hydrogen) atoms. The lowest BCUT2D eigenvalue weighted by Crippen LogP contribution is -2.34. The fourth-order valence-corrected chi connectivity index (χ4v) is 2.89. The maximum atomic E-state index is 12.4.